The van der Waals surface area contributed by atoms with Gasteiger partial charge in [0, 0.05) is 12.7 Å². The zero-order valence-electron chi connectivity index (χ0n) is 10.1. The minimum Gasteiger partial charge on any atom is -0.347 e. The highest BCUT2D eigenvalue weighted by Crippen LogP contribution is 2.02. The van der Waals surface area contributed by atoms with Crippen molar-refractivity contribution in [3.05, 3.63) is 42.4 Å². The number of nitrogens with zero attached hydrogens (tertiary/aromatic N) is 3. The Kier molecular flexibility index (Phi) is 4.13. The molecular formula is C12H14ClN5O. The van der Waals surface area contributed by atoms with E-state index in [-0.39, 0.29) is 24.4 Å². The van der Waals surface area contributed by atoms with Gasteiger partial charge in [0.1, 0.15) is 6.04 Å². The molecule has 0 radical (unpaired) electrons. The van der Waals surface area contributed by atoms with Crippen LogP contribution in [0.1, 0.15) is 5.82 Å². The van der Waals surface area contributed by atoms with Crippen molar-refractivity contribution in [2.24, 2.45) is 0 Å². The lowest BCUT2D eigenvalue weighted by molar-refractivity contribution is -0.122. The van der Waals surface area contributed by atoms with Gasteiger partial charge in [-0.3, -0.25) is 14.5 Å². The van der Waals surface area contributed by atoms with Crippen LogP contribution in [-0.4, -0.2) is 33.1 Å². The van der Waals surface area contributed by atoms with Crippen LogP contribution in [0.25, 0.3) is 5.65 Å². The molecule has 1 aliphatic rings. The van der Waals surface area contributed by atoms with Crippen LogP contribution in [0.4, 0.5) is 0 Å². The molecular weight excluding hydrogens is 266 g/mol. The third-order valence-electron chi connectivity index (χ3n) is 2.87. The molecule has 6 nitrogen and oxygen atoms in total. The Morgan fingerprint density at radius 2 is 2.37 bits per heavy atom. The fourth-order valence-electron chi connectivity index (χ4n) is 1.93. The predicted molar refractivity (Wildman–Crippen MR) is 73.0 cm³/mol. The van der Waals surface area contributed by atoms with E-state index in [0.29, 0.717) is 6.54 Å². The van der Waals surface area contributed by atoms with Crippen LogP contribution < -0.4 is 10.6 Å². The Morgan fingerprint density at radius 1 is 1.47 bits per heavy atom. The van der Waals surface area contributed by atoms with Crippen molar-refractivity contribution in [1.82, 2.24) is 25.2 Å². The standard InChI is InChI=1S/C12H13N5O.ClH/c18-12(9-4-3-6-13-9)14-8-11-16-15-10-5-1-2-7-17(10)11;/h1-5,7,9,13H,6,8H2,(H,14,18);1H. The molecule has 3 heterocycles. The molecule has 0 fully saturated rings. The Hall–Kier alpha value is -1.92. The number of aromatic nitrogens is 3. The molecule has 2 N–H and O–H groups in total. The highest BCUT2D eigenvalue weighted by molar-refractivity contribution is 5.85. The molecule has 1 aliphatic heterocycles. The topological polar surface area (TPSA) is 71.3 Å². The summed E-state index contributed by atoms with van der Waals surface area (Å²) in [6.45, 7) is 1.11. The summed E-state index contributed by atoms with van der Waals surface area (Å²) in [6, 6.07) is 5.45. The second kappa shape index (κ2) is 5.81. The number of carbonyl (C=O) groups excluding carboxylic acids is 1. The molecule has 0 bridgehead atoms. The van der Waals surface area contributed by atoms with E-state index in [1.807, 2.05) is 40.9 Å². The van der Waals surface area contributed by atoms with Gasteiger partial charge in [-0.05, 0) is 12.1 Å². The first kappa shape index (κ1) is 13.5. The minimum absolute atomic E-state index is 0. The van der Waals surface area contributed by atoms with E-state index in [2.05, 4.69) is 20.8 Å². The zero-order valence-corrected chi connectivity index (χ0v) is 10.9. The normalized spacial score (nSPS) is 17.4. The van der Waals surface area contributed by atoms with Crippen LogP contribution in [0.15, 0.2) is 36.5 Å². The van der Waals surface area contributed by atoms with Gasteiger partial charge < -0.3 is 5.32 Å². The van der Waals surface area contributed by atoms with Gasteiger partial charge in [-0.2, -0.15) is 0 Å². The molecule has 0 aliphatic carbocycles. The number of halogens is 1. The SMILES string of the molecule is Cl.O=C(NCc1nnc2ccccn12)C1C=CCN1. The van der Waals surface area contributed by atoms with Gasteiger partial charge in [0.2, 0.25) is 5.91 Å². The van der Waals surface area contributed by atoms with E-state index in [4.69, 9.17) is 0 Å². The lowest BCUT2D eigenvalue weighted by Gasteiger charge is -2.09. The highest BCUT2D eigenvalue weighted by atomic mass is 35.5. The smallest absolute Gasteiger partial charge is 0.241 e. The van der Waals surface area contributed by atoms with Crippen molar-refractivity contribution < 1.29 is 4.79 Å². The van der Waals surface area contributed by atoms with E-state index in [0.717, 1.165) is 18.0 Å². The molecule has 0 saturated heterocycles. The van der Waals surface area contributed by atoms with Gasteiger partial charge in [0.25, 0.3) is 0 Å². The zero-order chi connectivity index (χ0) is 12.4. The summed E-state index contributed by atoms with van der Waals surface area (Å²) in [5, 5.41) is 14.0. The number of fused-ring (bicyclic) bond motifs is 1. The summed E-state index contributed by atoms with van der Waals surface area (Å²) in [7, 11) is 0. The summed E-state index contributed by atoms with van der Waals surface area (Å²) < 4.78 is 1.86. The molecule has 1 amide bonds. The third kappa shape index (κ3) is 2.74. The maximum Gasteiger partial charge on any atom is 0.241 e. The average Bonchev–Trinajstić information content (AvgIpc) is 3.06. The Bertz CT molecular complexity index is 609. The van der Waals surface area contributed by atoms with E-state index >= 15 is 0 Å². The summed E-state index contributed by atoms with van der Waals surface area (Å²) in [5.74, 6) is 0.678. The molecule has 1 unspecified atom stereocenters. The number of rotatable bonds is 3. The number of pyridine rings is 1. The van der Waals surface area contributed by atoms with Gasteiger partial charge in [-0.15, -0.1) is 22.6 Å². The second-order valence-electron chi connectivity index (χ2n) is 4.08. The number of nitrogens with one attached hydrogen (secondary N) is 2. The highest BCUT2D eigenvalue weighted by Gasteiger charge is 2.17. The largest absolute Gasteiger partial charge is 0.347 e. The maximum atomic E-state index is 11.8. The van der Waals surface area contributed by atoms with Crippen molar-refractivity contribution in [2.45, 2.75) is 12.6 Å². The van der Waals surface area contributed by atoms with Gasteiger partial charge in [-0.25, -0.2) is 0 Å². The van der Waals surface area contributed by atoms with Crippen molar-refractivity contribution >= 4 is 24.0 Å². The van der Waals surface area contributed by atoms with Crippen molar-refractivity contribution in [3.63, 3.8) is 0 Å². The summed E-state index contributed by atoms with van der Waals surface area (Å²) >= 11 is 0. The van der Waals surface area contributed by atoms with Gasteiger partial charge in [0.15, 0.2) is 11.5 Å². The Balaban J connectivity index is 0.00000133. The van der Waals surface area contributed by atoms with Crippen molar-refractivity contribution in [2.75, 3.05) is 6.54 Å². The summed E-state index contributed by atoms with van der Waals surface area (Å²) in [6.07, 6.45) is 5.68. The van der Waals surface area contributed by atoms with Crippen LogP contribution >= 0.6 is 12.4 Å². The van der Waals surface area contributed by atoms with Crippen LogP contribution in [0.5, 0.6) is 0 Å². The first-order chi connectivity index (χ1) is 8.84. The van der Waals surface area contributed by atoms with Crippen LogP contribution in [0.3, 0.4) is 0 Å². The second-order valence-corrected chi connectivity index (χ2v) is 4.08. The van der Waals surface area contributed by atoms with Crippen LogP contribution in [0.2, 0.25) is 0 Å². The monoisotopic (exact) mass is 279 g/mol. The van der Waals surface area contributed by atoms with E-state index in [1.54, 1.807) is 0 Å². The molecule has 2 aromatic rings. The minimum atomic E-state index is -0.232. The van der Waals surface area contributed by atoms with Crippen molar-refractivity contribution in [3.8, 4) is 0 Å². The molecule has 7 heteroatoms. The lowest BCUT2D eigenvalue weighted by atomic mass is 10.3. The van der Waals surface area contributed by atoms with E-state index in [9.17, 15) is 4.79 Å². The molecule has 2 aromatic heterocycles. The Morgan fingerprint density at radius 3 is 3.16 bits per heavy atom. The first-order valence-electron chi connectivity index (χ1n) is 5.81. The lowest BCUT2D eigenvalue weighted by Crippen LogP contribution is -2.40. The molecule has 0 spiro atoms. The summed E-state index contributed by atoms with van der Waals surface area (Å²) in [4.78, 5) is 11.8. The number of amides is 1. The van der Waals surface area contributed by atoms with E-state index < -0.39 is 0 Å². The van der Waals surface area contributed by atoms with E-state index in [1.165, 1.54) is 0 Å². The third-order valence-corrected chi connectivity index (χ3v) is 2.87. The molecule has 3 rings (SSSR count). The number of carbonyl (C=O) groups is 1. The number of hydrogen-bond acceptors (Lipinski definition) is 4. The quantitative estimate of drug-likeness (QED) is 0.793. The van der Waals surface area contributed by atoms with Crippen LogP contribution in [-0.2, 0) is 11.3 Å². The van der Waals surface area contributed by atoms with Gasteiger partial charge in [0.05, 0.1) is 6.54 Å². The maximum absolute atomic E-state index is 11.8. The van der Waals surface area contributed by atoms with Gasteiger partial charge in [-0.1, -0.05) is 18.2 Å². The molecule has 100 valence electrons. The average molecular weight is 280 g/mol. The predicted octanol–water partition coefficient (Wildman–Crippen LogP) is 0.295. The molecule has 0 saturated carbocycles. The Labute approximate surface area is 116 Å². The first-order valence-corrected chi connectivity index (χ1v) is 5.81. The fraction of sp³-hybridized carbons (Fsp3) is 0.250. The van der Waals surface area contributed by atoms with Crippen LogP contribution in [0, 0.1) is 0 Å². The number of hydrogen-bond donors (Lipinski definition) is 2. The van der Waals surface area contributed by atoms with Crippen molar-refractivity contribution in [1.29, 1.82) is 0 Å². The fourth-order valence-corrected chi connectivity index (χ4v) is 1.93. The molecule has 19 heavy (non-hydrogen) atoms. The van der Waals surface area contributed by atoms with Gasteiger partial charge >= 0.3 is 0 Å². The molecule has 0 aromatic carbocycles. The molecule has 1 atom stereocenters. The summed E-state index contributed by atoms with van der Waals surface area (Å²) in [5.41, 5.74) is 0.778.